The van der Waals surface area contributed by atoms with Crippen LogP contribution in [-0.4, -0.2) is 21.6 Å². The molecule has 0 radical (unpaired) electrons. The number of halogens is 2. The van der Waals surface area contributed by atoms with E-state index in [1.807, 2.05) is 0 Å². The van der Waals surface area contributed by atoms with E-state index in [1.165, 1.54) is 18.2 Å². The van der Waals surface area contributed by atoms with Crippen LogP contribution in [0.5, 0.6) is 0 Å². The third kappa shape index (κ3) is 2.78. The Kier molecular flexibility index (Phi) is 3.43. The molecular formula is C11H12ClFO3S. The van der Waals surface area contributed by atoms with E-state index in [9.17, 15) is 12.8 Å². The third-order valence-corrected chi connectivity index (χ3v) is 4.27. The quantitative estimate of drug-likeness (QED) is 0.781. The molecule has 0 spiro atoms. The molecule has 1 fully saturated rings. The van der Waals surface area contributed by atoms with Crippen molar-refractivity contribution in [1.29, 1.82) is 0 Å². The smallest absolute Gasteiger partial charge is 0.261 e. The van der Waals surface area contributed by atoms with E-state index in [4.69, 9.17) is 15.4 Å². The van der Waals surface area contributed by atoms with Crippen molar-refractivity contribution < 1.29 is 17.5 Å². The Morgan fingerprint density at radius 1 is 1.29 bits per heavy atom. The van der Waals surface area contributed by atoms with Crippen molar-refractivity contribution in [3.8, 4) is 0 Å². The first-order chi connectivity index (χ1) is 7.92. The zero-order chi connectivity index (χ0) is 12.5. The van der Waals surface area contributed by atoms with Gasteiger partial charge in [0.25, 0.3) is 9.05 Å². The molecule has 2 rings (SSSR count). The lowest BCUT2D eigenvalue weighted by Crippen LogP contribution is -2.29. The molecule has 0 unspecified atom stereocenters. The number of alkyl halides is 1. The van der Waals surface area contributed by atoms with Crippen LogP contribution in [0.15, 0.2) is 29.2 Å². The number of benzene rings is 1. The van der Waals surface area contributed by atoms with Gasteiger partial charge in [0.2, 0.25) is 0 Å². The average molecular weight is 279 g/mol. The molecule has 3 nitrogen and oxygen atoms in total. The molecule has 0 N–H and O–H groups in total. The van der Waals surface area contributed by atoms with Crippen molar-refractivity contribution in [2.75, 3.05) is 13.2 Å². The van der Waals surface area contributed by atoms with Gasteiger partial charge in [-0.2, -0.15) is 0 Å². The van der Waals surface area contributed by atoms with Crippen LogP contribution in [0.3, 0.4) is 0 Å². The van der Waals surface area contributed by atoms with Crippen LogP contribution in [-0.2, 0) is 19.5 Å². The summed E-state index contributed by atoms with van der Waals surface area (Å²) in [5.41, 5.74) is -1.17. The summed E-state index contributed by atoms with van der Waals surface area (Å²) in [7, 11) is 1.42. The number of ether oxygens (including phenoxy) is 1. The van der Waals surface area contributed by atoms with E-state index in [0.717, 1.165) is 0 Å². The Balaban J connectivity index is 2.39. The molecule has 0 aliphatic carbocycles. The van der Waals surface area contributed by atoms with Gasteiger partial charge in [0.1, 0.15) is 5.67 Å². The van der Waals surface area contributed by atoms with E-state index in [0.29, 0.717) is 18.8 Å². The van der Waals surface area contributed by atoms with Crippen molar-refractivity contribution >= 4 is 19.7 Å². The van der Waals surface area contributed by atoms with Gasteiger partial charge in [0.05, 0.1) is 4.90 Å². The predicted molar refractivity (Wildman–Crippen MR) is 62.3 cm³/mol. The molecule has 1 aromatic carbocycles. The van der Waals surface area contributed by atoms with Crippen LogP contribution in [0.4, 0.5) is 4.39 Å². The first kappa shape index (κ1) is 12.8. The SMILES string of the molecule is O=S(=O)(Cl)c1cccc(C2(F)CCOCC2)c1. The molecule has 0 saturated carbocycles. The molecule has 0 atom stereocenters. The first-order valence-electron chi connectivity index (χ1n) is 5.24. The van der Waals surface area contributed by atoms with E-state index in [2.05, 4.69) is 0 Å². The number of hydrogen-bond donors (Lipinski definition) is 0. The van der Waals surface area contributed by atoms with Crippen LogP contribution >= 0.6 is 10.7 Å². The number of rotatable bonds is 2. The first-order valence-corrected chi connectivity index (χ1v) is 7.55. The summed E-state index contributed by atoms with van der Waals surface area (Å²) in [6.45, 7) is 0.683. The minimum Gasteiger partial charge on any atom is -0.381 e. The fraction of sp³-hybridized carbons (Fsp3) is 0.455. The lowest BCUT2D eigenvalue weighted by Gasteiger charge is -2.30. The second-order valence-corrected chi connectivity index (χ2v) is 6.61. The molecule has 0 amide bonds. The predicted octanol–water partition coefficient (Wildman–Crippen LogP) is 2.59. The maximum absolute atomic E-state index is 14.6. The molecule has 1 heterocycles. The Hall–Kier alpha value is -0.650. The second-order valence-electron chi connectivity index (χ2n) is 4.04. The fourth-order valence-corrected chi connectivity index (χ4v) is 2.71. The summed E-state index contributed by atoms with van der Waals surface area (Å²) >= 11 is 0. The Labute approximate surface area is 104 Å². The van der Waals surface area contributed by atoms with Crippen molar-refractivity contribution in [2.24, 2.45) is 0 Å². The monoisotopic (exact) mass is 278 g/mol. The highest BCUT2D eigenvalue weighted by Gasteiger charge is 2.34. The maximum Gasteiger partial charge on any atom is 0.261 e. The van der Waals surface area contributed by atoms with Gasteiger partial charge < -0.3 is 4.74 Å². The minimum atomic E-state index is -3.82. The third-order valence-electron chi connectivity index (χ3n) is 2.92. The van der Waals surface area contributed by atoms with Crippen LogP contribution in [0.25, 0.3) is 0 Å². The summed E-state index contributed by atoms with van der Waals surface area (Å²) in [6, 6.07) is 5.74. The molecular weight excluding hydrogens is 267 g/mol. The minimum absolute atomic E-state index is 0.0693. The van der Waals surface area contributed by atoms with E-state index in [1.54, 1.807) is 6.07 Å². The van der Waals surface area contributed by atoms with Gasteiger partial charge in [0, 0.05) is 36.7 Å². The van der Waals surface area contributed by atoms with Crippen molar-refractivity contribution in [2.45, 2.75) is 23.4 Å². The maximum atomic E-state index is 14.6. The molecule has 94 valence electrons. The molecule has 0 aromatic heterocycles. The second kappa shape index (κ2) is 4.55. The Bertz CT molecular complexity index is 509. The molecule has 1 saturated heterocycles. The Morgan fingerprint density at radius 2 is 1.94 bits per heavy atom. The lowest BCUT2D eigenvalue weighted by atomic mass is 9.88. The fourth-order valence-electron chi connectivity index (χ4n) is 1.91. The van der Waals surface area contributed by atoms with Gasteiger partial charge in [-0.15, -0.1) is 0 Å². The lowest BCUT2D eigenvalue weighted by molar-refractivity contribution is -0.0115. The number of hydrogen-bond acceptors (Lipinski definition) is 3. The van der Waals surface area contributed by atoms with E-state index < -0.39 is 14.7 Å². The van der Waals surface area contributed by atoms with Gasteiger partial charge in [-0.1, -0.05) is 12.1 Å². The molecule has 1 aromatic rings. The summed E-state index contributed by atoms with van der Waals surface area (Å²) in [4.78, 5) is -0.0693. The van der Waals surface area contributed by atoms with E-state index in [-0.39, 0.29) is 17.7 Å². The van der Waals surface area contributed by atoms with Crippen molar-refractivity contribution in [1.82, 2.24) is 0 Å². The van der Waals surface area contributed by atoms with Crippen LogP contribution in [0.2, 0.25) is 0 Å². The molecule has 0 bridgehead atoms. The van der Waals surface area contributed by atoms with Gasteiger partial charge in [-0.05, 0) is 17.7 Å². The summed E-state index contributed by atoms with van der Waals surface area (Å²) in [5, 5.41) is 0. The largest absolute Gasteiger partial charge is 0.381 e. The van der Waals surface area contributed by atoms with Crippen molar-refractivity contribution in [3.05, 3.63) is 29.8 Å². The highest BCUT2D eigenvalue weighted by Crippen LogP contribution is 2.37. The molecule has 17 heavy (non-hydrogen) atoms. The zero-order valence-corrected chi connectivity index (χ0v) is 10.6. The summed E-state index contributed by atoms with van der Waals surface area (Å²) in [5.74, 6) is 0. The topological polar surface area (TPSA) is 43.4 Å². The van der Waals surface area contributed by atoms with Gasteiger partial charge in [-0.3, -0.25) is 0 Å². The summed E-state index contributed by atoms with van der Waals surface area (Å²) in [6.07, 6.45) is 0.470. The van der Waals surface area contributed by atoms with Gasteiger partial charge >= 0.3 is 0 Å². The Morgan fingerprint density at radius 3 is 2.53 bits per heavy atom. The standard InChI is InChI=1S/C11H12ClFO3S/c12-17(14,15)10-3-1-2-9(8-10)11(13)4-6-16-7-5-11/h1-3,8H,4-7H2. The van der Waals surface area contributed by atoms with Crippen LogP contribution in [0.1, 0.15) is 18.4 Å². The van der Waals surface area contributed by atoms with Crippen LogP contribution < -0.4 is 0 Å². The van der Waals surface area contributed by atoms with Crippen molar-refractivity contribution in [3.63, 3.8) is 0 Å². The molecule has 1 aliphatic rings. The zero-order valence-electron chi connectivity index (χ0n) is 9.03. The summed E-state index contributed by atoms with van der Waals surface area (Å²) < 4.78 is 42.0. The van der Waals surface area contributed by atoms with Gasteiger partial charge in [0.15, 0.2) is 0 Å². The van der Waals surface area contributed by atoms with Gasteiger partial charge in [-0.25, -0.2) is 12.8 Å². The van der Waals surface area contributed by atoms with Crippen LogP contribution in [0, 0.1) is 0 Å². The van der Waals surface area contributed by atoms with E-state index >= 15 is 0 Å². The molecule has 1 aliphatic heterocycles. The normalized spacial score (nSPS) is 20.1. The average Bonchev–Trinajstić information content (AvgIpc) is 2.29. The highest BCUT2D eigenvalue weighted by molar-refractivity contribution is 8.13. The highest BCUT2D eigenvalue weighted by atomic mass is 35.7. The molecule has 6 heteroatoms.